The summed E-state index contributed by atoms with van der Waals surface area (Å²) in [5.41, 5.74) is 1.61. The van der Waals surface area contributed by atoms with Crippen molar-refractivity contribution in [3.63, 3.8) is 0 Å². The number of anilines is 2. The lowest BCUT2D eigenvalue weighted by molar-refractivity contribution is -0.116. The molecule has 0 radical (unpaired) electrons. The highest BCUT2D eigenvalue weighted by molar-refractivity contribution is 7.89. The van der Waals surface area contributed by atoms with Gasteiger partial charge in [0.25, 0.3) is 0 Å². The topological polar surface area (TPSA) is 114 Å². The number of ether oxygens (including phenoxy) is 2. The zero-order valence-corrected chi connectivity index (χ0v) is 18.2. The molecule has 2 aromatic carbocycles. The molecule has 1 aliphatic heterocycles. The van der Waals surface area contributed by atoms with Crippen LogP contribution >= 0.6 is 0 Å². The average molecular weight is 448 g/mol. The van der Waals surface area contributed by atoms with E-state index in [9.17, 15) is 18.0 Å². The number of rotatable bonds is 7. The lowest BCUT2D eigenvalue weighted by Gasteiger charge is -2.26. The average Bonchev–Trinajstić information content (AvgIpc) is 2.74. The monoisotopic (exact) mass is 447 g/mol. The van der Waals surface area contributed by atoms with E-state index in [1.807, 2.05) is 0 Å². The van der Waals surface area contributed by atoms with Gasteiger partial charge in [-0.3, -0.25) is 9.59 Å². The molecule has 2 N–H and O–H groups in total. The van der Waals surface area contributed by atoms with Gasteiger partial charge in [-0.1, -0.05) is 12.1 Å². The molecule has 31 heavy (non-hydrogen) atoms. The Bertz CT molecular complexity index is 1060. The molecule has 0 atom stereocenters. The van der Waals surface area contributed by atoms with E-state index < -0.39 is 10.0 Å². The van der Waals surface area contributed by atoms with Crippen LogP contribution in [0.1, 0.15) is 12.5 Å². The molecule has 2 amide bonds. The van der Waals surface area contributed by atoms with Gasteiger partial charge in [-0.05, 0) is 35.9 Å². The fraction of sp³-hybridized carbons (Fsp3) is 0.333. The lowest BCUT2D eigenvalue weighted by Crippen LogP contribution is -2.40. The molecule has 10 heteroatoms. The molecule has 0 aliphatic carbocycles. The summed E-state index contributed by atoms with van der Waals surface area (Å²) in [6.45, 7) is 2.60. The molecular formula is C21H25N3O6S. The van der Waals surface area contributed by atoms with Gasteiger partial charge in [0.1, 0.15) is 10.6 Å². The standard InChI is InChI=1S/C21H25N3O6S/c1-15(25)22-17-4-3-5-18(14-17)23-21(26)13-16-6-7-19(29-2)20(12-16)31(27,28)24-8-10-30-11-9-24/h3-7,12,14H,8-11,13H2,1-2H3,(H,22,25)(H,23,26). The van der Waals surface area contributed by atoms with Crippen LogP contribution in [-0.2, 0) is 30.8 Å². The molecule has 1 saturated heterocycles. The summed E-state index contributed by atoms with van der Waals surface area (Å²) in [5, 5.41) is 5.41. The van der Waals surface area contributed by atoms with E-state index in [0.29, 0.717) is 30.2 Å². The Labute approximate surface area is 181 Å². The van der Waals surface area contributed by atoms with Crippen molar-refractivity contribution in [2.24, 2.45) is 0 Å². The van der Waals surface area contributed by atoms with E-state index >= 15 is 0 Å². The van der Waals surface area contributed by atoms with Gasteiger partial charge >= 0.3 is 0 Å². The minimum Gasteiger partial charge on any atom is -0.495 e. The third-order valence-corrected chi connectivity index (χ3v) is 6.57. The zero-order valence-electron chi connectivity index (χ0n) is 17.4. The van der Waals surface area contributed by atoms with Crippen LogP contribution in [0.25, 0.3) is 0 Å². The molecule has 0 saturated carbocycles. The highest BCUT2D eigenvalue weighted by Gasteiger charge is 2.29. The highest BCUT2D eigenvalue weighted by atomic mass is 32.2. The minimum absolute atomic E-state index is 0.0230. The maximum Gasteiger partial charge on any atom is 0.246 e. The molecule has 0 aromatic heterocycles. The Morgan fingerprint density at radius 3 is 2.39 bits per heavy atom. The summed E-state index contributed by atoms with van der Waals surface area (Å²) in [6, 6.07) is 11.4. The van der Waals surface area contributed by atoms with Gasteiger partial charge in [-0.2, -0.15) is 4.31 Å². The van der Waals surface area contributed by atoms with E-state index in [2.05, 4.69) is 10.6 Å². The molecule has 1 heterocycles. The maximum atomic E-state index is 13.1. The Morgan fingerprint density at radius 2 is 1.74 bits per heavy atom. The van der Waals surface area contributed by atoms with Crippen LogP contribution in [0.5, 0.6) is 5.75 Å². The first-order valence-electron chi connectivity index (χ1n) is 9.72. The third-order valence-electron chi connectivity index (χ3n) is 4.65. The third kappa shape index (κ3) is 5.81. The summed E-state index contributed by atoms with van der Waals surface area (Å²) >= 11 is 0. The summed E-state index contributed by atoms with van der Waals surface area (Å²) in [5.74, 6) is -0.311. The summed E-state index contributed by atoms with van der Waals surface area (Å²) in [7, 11) is -2.38. The fourth-order valence-corrected chi connectivity index (χ4v) is 4.84. The molecule has 1 fully saturated rings. The smallest absolute Gasteiger partial charge is 0.246 e. The number of morpholine rings is 1. The number of hydrogen-bond donors (Lipinski definition) is 2. The van der Waals surface area contributed by atoms with Crippen LogP contribution in [0.15, 0.2) is 47.4 Å². The minimum atomic E-state index is -3.78. The summed E-state index contributed by atoms with van der Waals surface area (Å²) < 4.78 is 38.0. The van der Waals surface area contributed by atoms with Crippen molar-refractivity contribution in [3.8, 4) is 5.75 Å². The second-order valence-corrected chi connectivity index (χ2v) is 8.89. The second kappa shape index (κ2) is 9.90. The normalized spacial score (nSPS) is 14.6. The van der Waals surface area contributed by atoms with Gasteiger partial charge in [0.05, 0.1) is 26.7 Å². The number of sulfonamides is 1. The van der Waals surface area contributed by atoms with Gasteiger partial charge in [-0.25, -0.2) is 8.42 Å². The van der Waals surface area contributed by atoms with Crippen LogP contribution in [0.4, 0.5) is 11.4 Å². The molecule has 9 nitrogen and oxygen atoms in total. The first-order valence-corrected chi connectivity index (χ1v) is 11.2. The van der Waals surface area contributed by atoms with Crippen molar-refractivity contribution in [2.75, 3.05) is 44.0 Å². The molecule has 0 unspecified atom stereocenters. The van der Waals surface area contributed by atoms with Crippen molar-refractivity contribution in [1.82, 2.24) is 4.31 Å². The largest absolute Gasteiger partial charge is 0.495 e. The van der Waals surface area contributed by atoms with Crippen LogP contribution in [0.2, 0.25) is 0 Å². The fourth-order valence-electron chi connectivity index (χ4n) is 3.23. The van der Waals surface area contributed by atoms with Crippen LogP contribution in [0.3, 0.4) is 0 Å². The van der Waals surface area contributed by atoms with Crippen molar-refractivity contribution >= 4 is 33.2 Å². The number of nitrogens with zero attached hydrogens (tertiary/aromatic N) is 1. The summed E-state index contributed by atoms with van der Waals surface area (Å²) in [4.78, 5) is 23.7. The predicted molar refractivity (Wildman–Crippen MR) is 116 cm³/mol. The number of hydrogen-bond acceptors (Lipinski definition) is 6. The maximum absolute atomic E-state index is 13.1. The van der Waals surface area contributed by atoms with Gasteiger partial charge in [0.15, 0.2) is 0 Å². The zero-order chi connectivity index (χ0) is 22.4. The number of carbonyl (C=O) groups excluding carboxylic acids is 2. The number of benzene rings is 2. The van der Waals surface area contributed by atoms with Crippen LogP contribution in [-0.4, -0.2) is 58.0 Å². The quantitative estimate of drug-likeness (QED) is 0.670. The van der Waals surface area contributed by atoms with Crippen molar-refractivity contribution in [1.29, 1.82) is 0 Å². The van der Waals surface area contributed by atoms with Crippen molar-refractivity contribution in [3.05, 3.63) is 48.0 Å². The van der Waals surface area contributed by atoms with E-state index in [0.717, 1.165) is 0 Å². The van der Waals surface area contributed by atoms with Gasteiger partial charge in [0.2, 0.25) is 21.8 Å². The van der Waals surface area contributed by atoms with E-state index in [4.69, 9.17) is 9.47 Å². The molecule has 2 aromatic rings. The Balaban J connectivity index is 1.77. The van der Waals surface area contributed by atoms with Gasteiger partial charge in [-0.15, -0.1) is 0 Å². The van der Waals surface area contributed by atoms with Crippen LogP contribution < -0.4 is 15.4 Å². The van der Waals surface area contributed by atoms with E-state index in [1.165, 1.54) is 24.4 Å². The number of amides is 2. The predicted octanol–water partition coefficient (Wildman–Crippen LogP) is 1.86. The molecule has 166 valence electrons. The number of carbonyl (C=O) groups is 2. The Hall–Kier alpha value is -2.95. The molecule has 0 spiro atoms. The first kappa shape index (κ1) is 22.7. The SMILES string of the molecule is COc1ccc(CC(=O)Nc2cccc(NC(C)=O)c2)cc1S(=O)(=O)N1CCOCC1. The first-order chi connectivity index (χ1) is 14.8. The highest BCUT2D eigenvalue weighted by Crippen LogP contribution is 2.28. The van der Waals surface area contributed by atoms with Crippen molar-refractivity contribution in [2.45, 2.75) is 18.2 Å². The Morgan fingerprint density at radius 1 is 1.06 bits per heavy atom. The molecule has 3 rings (SSSR count). The van der Waals surface area contributed by atoms with E-state index in [-0.39, 0.29) is 42.0 Å². The van der Waals surface area contributed by atoms with Crippen molar-refractivity contribution < 1.29 is 27.5 Å². The molecule has 1 aliphatic rings. The lowest BCUT2D eigenvalue weighted by atomic mass is 10.1. The molecular weight excluding hydrogens is 422 g/mol. The second-order valence-electron chi connectivity index (χ2n) is 6.99. The number of methoxy groups -OCH3 is 1. The van der Waals surface area contributed by atoms with Gasteiger partial charge < -0.3 is 20.1 Å². The van der Waals surface area contributed by atoms with E-state index in [1.54, 1.807) is 36.4 Å². The molecule has 0 bridgehead atoms. The van der Waals surface area contributed by atoms with Gasteiger partial charge in [0, 0.05) is 31.4 Å². The summed E-state index contributed by atoms with van der Waals surface area (Å²) in [6.07, 6.45) is -0.0278. The number of nitrogens with one attached hydrogen (secondary N) is 2. The van der Waals surface area contributed by atoms with Crippen LogP contribution in [0, 0.1) is 0 Å². The Kier molecular flexibility index (Phi) is 7.26.